The number of aliphatic hydroxyl groups is 1. The van der Waals surface area contributed by atoms with Gasteiger partial charge in [-0.1, -0.05) is 18.2 Å². The highest BCUT2D eigenvalue weighted by Gasteiger charge is 2.50. The topological polar surface area (TPSA) is 142 Å². The fourth-order valence-electron chi connectivity index (χ4n) is 5.82. The molecule has 1 aromatic carbocycles. The number of nitrogens with one attached hydrogen (secondary N) is 1. The number of ether oxygens (including phenoxy) is 1. The number of hydrogen-bond donors (Lipinski definition) is 3. The number of aromatic nitrogens is 4. The second-order valence-electron chi connectivity index (χ2n) is 11.8. The van der Waals surface area contributed by atoms with Crippen LogP contribution in [0.25, 0.3) is 5.65 Å². The minimum absolute atomic E-state index is 0.00118. The molecular formula is C31H33F3N6O5S. The highest BCUT2D eigenvalue weighted by Crippen LogP contribution is 2.45. The highest BCUT2D eigenvalue weighted by molar-refractivity contribution is 7.82. The summed E-state index contributed by atoms with van der Waals surface area (Å²) in [5.41, 5.74) is 2.80. The molecule has 6 rings (SSSR count). The van der Waals surface area contributed by atoms with Gasteiger partial charge >= 0.3 is 12.1 Å². The molecule has 4 aromatic rings. The lowest BCUT2D eigenvalue weighted by Gasteiger charge is -2.24. The number of pyridine rings is 2. The third-order valence-corrected chi connectivity index (χ3v) is 9.89. The van der Waals surface area contributed by atoms with Crippen molar-refractivity contribution >= 4 is 28.4 Å². The number of aliphatic hydroxyl groups excluding tert-OH is 1. The largest absolute Gasteiger partial charge is 0.481 e. The molecule has 15 heteroatoms. The molecule has 0 amide bonds. The monoisotopic (exact) mass is 658 g/mol. The number of benzene rings is 1. The second-order valence-corrected chi connectivity index (χ2v) is 13.2. The van der Waals surface area contributed by atoms with Crippen molar-refractivity contribution in [2.24, 2.45) is 0 Å². The summed E-state index contributed by atoms with van der Waals surface area (Å²) in [6.45, 7) is 4.79. The number of anilines is 1. The number of alkyl halides is 3. The molecule has 3 aromatic heterocycles. The first-order chi connectivity index (χ1) is 21.9. The van der Waals surface area contributed by atoms with Crippen molar-refractivity contribution in [1.82, 2.24) is 23.9 Å². The van der Waals surface area contributed by atoms with Crippen molar-refractivity contribution in [2.45, 2.75) is 68.7 Å². The van der Waals surface area contributed by atoms with Gasteiger partial charge in [-0.15, -0.1) is 10.2 Å². The molecule has 244 valence electrons. The second kappa shape index (κ2) is 12.3. The lowest BCUT2D eigenvalue weighted by Crippen LogP contribution is -2.35. The summed E-state index contributed by atoms with van der Waals surface area (Å²) < 4.78 is 63.4. The Morgan fingerprint density at radius 3 is 2.65 bits per heavy atom. The quantitative estimate of drug-likeness (QED) is 0.208. The van der Waals surface area contributed by atoms with E-state index in [0.717, 1.165) is 28.4 Å². The molecular weight excluding hydrogens is 625 g/mol. The maximum absolute atomic E-state index is 14.0. The van der Waals surface area contributed by atoms with Gasteiger partial charge in [-0.25, -0.2) is 8.51 Å². The average Bonchev–Trinajstić information content (AvgIpc) is 3.62. The Balaban J connectivity index is 1.33. The normalized spacial score (nSPS) is 18.2. The molecule has 0 bridgehead atoms. The Kier molecular flexibility index (Phi) is 8.50. The Morgan fingerprint density at radius 2 is 1.96 bits per heavy atom. The molecule has 2 atom stereocenters. The van der Waals surface area contributed by atoms with Gasteiger partial charge in [0.15, 0.2) is 5.65 Å². The number of aryl methyl sites for hydroxylation is 2. The minimum Gasteiger partial charge on any atom is -0.481 e. The van der Waals surface area contributed by atoms with E-state index >= 15 is 0 Å². The summed E-state index contributed by atoms with van der Waals surface area (Å²) in [5.74, 6) is -2.04. The smallest absolute Gasteiger partial charge is 0.452 e. The molecule has 11 nitrogen and oxygen atoms in total. The number of aliphatic carboxylic acids is 1. The fraction of sp³-hybridized carbons (Fsp3) is 0.419. The van der Waals surface area contributed by atoms with Crippen molar-refractivity contribution in [3.63, 3.8) is 0 Å². The molecule has 1 aliphatic carbocycles. The number of carboxylic acids is 1. The van der Waals surface area contributed by atoms with Gasteiger partial charge in [-0.3, -0.25) is 9.20 Å². The van der Waals surface area contributed by atoms with E-state index in [0.29, 0.717) is 52.8 Å². The van der Waals surface area contributed by atoms with Crippen LogP contribution in [0.2, 0.25) is 0 Å². The number of fused-ring (bicyclic) bond motifs is 2. The van der Waals surface area contributed by atoms with Crippen LogP contribution in [0.1, 0.15) is 65.2 Å². The molecule has 0 saturated heterocycles. The van der Waals surface area contributed by atoms with E-state index in [4.69, 9.17) is 9.84 Å². The number of hydrogen-bond acceptors (Lipinski definition) is 8. The molecule has 1 saturated carbocycles. The summed E-state index contributed by atoms with van der Waals surface area (Å²) in [6.07, 6.45) is -1.66. The van der Waals surface area contributed by atoms with Crippen LogP contribution in [0, 0.1) is 13.8 Å². The predicted molar refractivity (Wildman–Crippen MR) is 162 cm³/mol. The number of carbonyl (C=O) groups is 1. The van der Waals surface area contributed by atoms with Gasteiger partial charge in [-0.2, -0.15) is 18.2 Å². The van der Waals surface area contributed by atoms with Gasteiger partial charge in [-0.05, 0) is 79.1 Å². The molecule has 2 aliphatic rings. The molecule has 46 heavy (non-hydrogen) atoms. The first kappa shape index (κ1) is 31.9. The lowest BCUT2D eigenvalue weighted by atomic mass is 9.85. The molecule has 4 heterocycles. The number of carboxylic acid groups (broad SMARTS) is 1. The van der Waals surface area contributed by atoms with Crippen molar-refractivity contribution in [3.05, 3.63) is 76.2 Å². The minimum atomic E-state index is -4.70. The third kappa shape index (κ3) is 6.31. The van der Waals surface area contributed by atoms with Gasteiger partial charge in [0.1, 0.15) is 27.3 Å². The Hall–Kier alpha value is -4.08. The summed E-state index contributed by atoms with van der Waals surface area (Å²) >= 11 is 0. The molecule has 1 aliphatic heterocycles. The lowest BCUT2D eigenvalue weighted by molar-refractivity contribution is -0.145. The number of halogens is 3. The van der Waals surface area contributed by atoms with Crippen LogP contribution in [0.3, 0.4) is 0 Å². The molecule has 1 fully saturated rings. The maximum Gasteiger partial charge on any atom is 0.452 e. The zero-order chi connectivity index (χ0) is 32.8. The summed E-state index contributed by atoms with van der Waals surface area (Å²) in [7, 11) is -1.61. The predicted octanol–water partition coefficient (Wildman–Crippen LogP) is 4.61. The zero-order valence-corrected chi connectivity index (χ0v) is 26.0. The van der Waals surface area contributed by atoms with Gasteiger partial charge in [0.25, 0.3) is 0 Å². The van der Waals surface area contributed by atoms with Crippen molar-refractivity contribution in [3.8, 4) is 5.88 Å². The Morgan fingerprint density at radius 1 is 1.17 bits per heavy atom. The van der Waals surface area contributed by atoms with E-state index in [2.05, 4.69) is 20.5 Å². The van der Waals surface area contributed by atoms with Crippen LogP contribution in [-0.2, 0) is 28.5 Å². The average molecular weight is 659 g/mol. The van der Waals surface area contributed by atoms with Crippen molar-refractivity contribution in [1.29, 1.82) is 0 Å². The Bertz CT molecular complexity index is 1830. The van der Waals surface area contributed by atoms with E-state index in [-0.39, 0.29) is 25.2 Å². The van der Waals surface area contributed by atoms with Crippen LogP contribution in [0.15, 0.2) is 47.5 Å². The number of rotatable bonds is 10. The number of nitrogens with zero attached hydrogens (tertiary/aromatic N) is 5. The van der Waals surface area contributed by atoms with Gasteiger partial charge < -0.3 is 20.3 Å². The summed E-state index contributed by atoms with van der Waals surface area (Å²) in [6, 6.07) is 10.5. The van der Waals surface area contributed by atoms with Crippen LogP contribution >= 0.6 is 0 Å². The Labute approximate surface area is 265 Å². The molecule has 1 spiro atoms. The standard InChI is InChI=1S/C31H33F3N6O5S/c1-18-4-5-20(23(15-26(42)43)22-8-12-40-27(19(22)2)37-38-29(40)31(32,33)34)14-21(18)16-39-17-30(9-10-30)45-28-24(46(39)44)6-7-25(36-28)35-11-3-13-41/h4-8,12,14,23,41H,3,9-11,13,15-17H2,1-2H3,(H,35,36)(H,42,43). The third-order valence-electron chi connectivity index (χ3n) is 8.47. The van der Waals surface area contributed by atoms with Crippen LogP contribution in [0.4, 0.5) is 19.0 Å². The first-order valence-corrected chi connectivity index (χ1v) is 15.9. The van der Waals surface area contributed by atoms with Crippen LogP contribution in [-0.4, -0.2) is 69.6 Å². The molecule has 2 unspecified atom stereocenters. The van der Waals surface area contributed by atoms with Crippen LogP contribution in [0.5, 0.6) is 5.88 Å². The molecule has 0 radical (unpaired) electrons. The summed E-state index contributed by atoms with van der Waals surface area (Å²) in [5, 5.41) is 29.2. The molecule has 3 N–H and O–H groups in total. The van der Waals surface area contributed by atoms with Gasteiger partial charge in [0, 0.05) is 31.8 Å². The van der Waals surface area contributed by atoms with E-state index < -0.39 is 40.5 Å². The van der Waals surface area contributed by atoms with Crippen molar-refractivity contribution < 1.29 is 37.1 Å². The van der Waals surface area contributed by atoms with Gasteiger partial charge in [0.2, 0.25) is 11.7 Å². The first-order valence-electron chi connectivity index (χ1n) is 14.8. The highest BCUT2D eigenvalue weighted by atomic mass is 32.2. The summed E-state index contributed by atoms with van der Waals surface area (Å²) in [4.78, 5) is 17.1. The van der Waals surface area contributed by atoms with E-state index in [1.165, 1.54) is 12.3 Å². The maximum atomic E-state index is 14.0. The fourth-order valence-corrected chi connectivity index (χ4v) is 7.12. The zero-order valence-electron chi connectivity index (χ0n) is 25.2. The SMILES string of the molecule is Cc1ccc(C(CC(=O)O)c2ccn3c(C(F)(F)F)nnc3c2C)cc1CN1CC2(CC2)Oc2nc(NCCCO)ccc2S1=O. The van der Waals surface area contributed by atoms with E-state index in [1.54, 1.807) is 19.1 Å². The van der Waals surface area contributed by atoms with Crippen LogP contribution < -0.4 is 10.1 Å². The van der Waals surface area contributed by atoms with Crippen molar-refractivity contribution in [2.75, 3.05) is 25.0 Å². The van der Waals surface area contributed by atoms with Gasteiger partial charge in [0.05, 0.1) is 13.0 Å². The van der Waals surface area contributed by atoms with E-state index in [1.807, 2.05) is 29.4 Å². The van der Waals surface area contributed by atoms with E-state index in [9.17, 15) is 27.3 Å².